The van der Waals surface area contributed by atoms with Gasteiger partial charge in [-0.3, -0.25) is 4.90 Å². The molecule has 4 heterocycles. The van der Waals surface area contributed by atoms with Crippen molar-refractivity contribution in [3.8, 4) is 17.0 Å². The van der Waals surface area contributed by atoms with Crippen LogP contribution in [0.3, 0.4) is 0 Å². The zero-order chi connectivity index (χ0) is 26.9. The topological polar surface area (TPSA) is 92.3 Å². The Balaban J connectivity index is 1.27. The van der Waals surface area contributed by atoms with Crippen molar-refractivity contribution in [3.63, 3.8) is 0 Å². The molecule has 206 valence electrons. The van der Waals surface area contributed by atoms with Gasteiger partial charge in [0.25, 0.3) is 0 Å². The van der Waals surface area contributed by atoms with E-state index in [2.05, 4.69) is 38.3 Å². The van der Waals surface area contributed by atoms with Gasteiger partial charge in [-0.25, -0.2) is 4.79 Å². The van der Waals surface area contributed by atoms with Crippen molar-refractivity contribution in [2.24, 2.45) is 0 Å². The van der Waals surface area contributed by atoms with E-state index in [0.29, 0.717) is 12.1 Å². The monoisotopic (exact) mass is 524 g/mol. The Morgan fingerprint density at radius 1 is 1.11 bits per heavy atom. The van der Waals surface area contributed by atoms with Crippen LogP contribution in [0.5, 0.6) is 5.75 Å². The maximum absolute atomic E-state index is 12.5. The van der Waals surface area contributed by atoms with Crippen molar-refractivity contribution in [1.29, 1.82) is 0 Å². The number of hydrogen-bond acceptors (Lipinski definition) is 9. The Morgan fingerprint density at radius 2 is 1.87 bits per heavy atom. The van der Waals surface area contributed by atoms with E-state index in [9.17, 15) is 4.79 Å². The Hall–Kier alpha value is -3.11. The third-order valence-electron chi connectivity index (χ3n) is 7.60. The van der Waals surface area contributed by atoms with E-state index in [1.54, 1.807) is 7.11 Å². The highest BCUT2D eigenvalue weighted by atomic mass is 16.7. The number of methoxy groups -OCH3 is 1. The van der Waals surface area contributed by atoms with E-state index in [0.717, 1.165) is 74.1 Å². The Kier molecular flexibility index (Phi) is 7.63. The second kappa shape index (κ2) is 10.9. The maximum atomic E-state index is 12.5. The number of piperidine rings is 1. The van der Waals surface area contributed by atoms with E-state index in [1.807, 2.05) is 49.9 Å². The molecule has 0 unspecified atom stereocenters. The highest BCUT2D eigenvalue weighted by Crippen LogP contribution is 2.38. The predicted molar refractivity (Wildman–Crippen MR) is 147 cm³/mol. The number of carbonyl (C=O) groups excluding carboxylic acids is 1. The van der Waals surface area contributed by atoms with Gasteiger partial charge in [0.1, 0.15) is 11.4 Å². The molecular formula is C28H40N6O4. The number of likely N-dealkylation sites (tertiary alicyclic amines) is 1. The highest BCUT2D eigenvalue weighted by Gasteiger charge is 2.40. The number of fused-ring (bicyclic) bond motifs is 3. The van der Waals surface area contributed by atoms with Crippen LogP contribution in [0, 0.1) is 0 Å². The summed E-state index contributed by atoms with van der Waals surface area (Å²) >= 11 is 0. The van der Waals surface area contributed by atoms with Crippen LogP contribution in [-0.2, 0) is 9.47 Å². The Bertz CT molecular complexity index is 1130. The van der Waals surface area contributed by atoms with Gasteiger partial charge in [-0.1, -0.05) is 12.1 Å². The lowest BCUT2D eigenvalue weighted by molar-refractivity contribution is 0.0129. The van der Waals surface area contributed by atoms with Crippen molar-refractivity contribution < 1.29 is 19.0 Å². The van der Waals surface area contributed by atoms with Gasteiger partial charge < -0.3 is 29.3 Å². The highest BCUT2D eigenvalue weighted by molar-refractivity contribution is 5.77. The summed E-state index contributed by atoms with van der Waals surface area (Å²) in [6.07, 6.45) is 1.74. The van der Waals surface area contributed by atoms with Crippen LogP contribution in [0.4, 0.5) is 16.3 Å². The first kappa shape index (κ1) is 26.5. The maximum Gasteiger partial charge on any atom is 0.410 e. The number of carbonyl (C=O) groups is 1. The van der Waals surface area contributed by atoms with E-state index < -0.39 is 5.60 Å². The molecule has 0 bridgehead atoms. The molecule has 2 saturated heterocycles. The minimum Gasteiger partial charge on any atom is -0.467 e. The number of aromatic nitrogens is 2. The molecular weight excluding hydrogens is 484 g/mol. The molecule has 10 nitrogen and oxygen atoms in total. The van der Waals surface area contributed by atoms with Gasteiger partial charge in [-0.05, 0) is 58.7 Å². The number of anilines is 2. The number of rotatable bonds is 5. The van der Waals surface area contributed by atoms with Crippen LogP contribution in [0.1, 0.15) is 40.5 Å². The predicted octanol–water partition coefficient (Wildman–Crippen LogP) is 3.83. The number of benzene rings is 1. The number of hydrogen-bond donors (Lipinski definition) is 1. The molecule has 0 spiro atoms. The van der Waals surface area contributed by atoms with Crippen LogP contribution in [0.2, 0.25) is 0 Å². The lowest BCUT2D eigenvalue weighted by Gasteiger charge is -2.51. The minimum absolute atomic E-state index is 0.176. The smallest absolute Gasteiger partial charge is 0.410 e. The number of nitrogens with zero attached hydrogens (tertiary/aromatic N) is 5. The zero-order valence-corrected chi connectivity index (χ0v) is 23.1. The summed E-state index contributed by atoms with van der Waals surface area (Å²) < 4.78 is 16.5. The molecule has 38 heavy (non-hydrogen) atoms. The quantitative estimate of drug-likeness (QED) is 0.586. The standard InChI is InChI=1S/C28H40N6O4/c1-19-24-17-33(20-10-12-32(13-11-20)27(35)38-28(2,3)4)14-15-34(24)23-16-22(30-31-26(23)29-19)21-8-6-7-9-25(21)37-18-36-5/h6-9,16,19-20,24H,10-15,17-18H2,1-5H3,(H,29,31)/t19-,24-/m0/s1. The first-order chi connectivity index (χ1) is 18.2. The molecule has 5 rings (SSSR count). The van der Waals surface area contributed by atoms with E-state index in [1.165, 1.54) is 0 Å². The average Bonchev–Trinajstić information content (AvgIpc) is 2.91. The molecule has 1 N–H and O–H groups in total. The minimum atomic E-state index is -0.464. The van der Waals surface area contributed by atoms with Gasteiger partial charge in [-0.2, -0.15) is 0 Å². The lowest BCUT2D eigenvalue weighted by Crippen LogP contribution is -2.63. The third-order valence-corrected chi connectivity index (χ3v) is 7.60. The second-order valence-corrected chi connectivity index (χ2v) is 11.4. The SMILES string of the molecule is COCOc1ccccc1-c1cc2c(nn1)N[C@@H](C)[C@@H]1CN(C3CCN(C(=O)OC(C)(C)C)CC3)CCN21. The summed E-state index contributed by atoms with van der Waals surface area (Å²) in [5.74, 6) is 1.55. The molecule has 2 aromatic rings. The number of piperazine rings is 1. The van der Waals surface area contributed by atoms with Crippen molar-refractivity contribution in [3.05, 3.63) is 30.3 Å². The summed E-state index contributed by atoms with van der Waals surface area (Å²) in [5, 5.41) is 12.7. The van der Waals surface area contributed by atoms with Crippen molar-refractivity contribution >= 4 is 17.6 Å². The van der Waals surface area contributed by atoms with Gasteiger partial charge in [0, 0.05) is 57.5 Å². The van der Waals surface area contributed by atoms with Crippen LogP contribution in [0.15, 0.2) is 30.3 Å². The average molecular weight is 525 g/mol. The first-order valence-electron chi connectivity index (χ1n) is 13.6. The number of nitrogens with one attached hydrogen (secondary N) is 1. The summed E-state index contributed by atoms with van der Waals surface area (Å²) in [4.78, 5) is 19.4. The van der Waals surface area contributed by atoms with Crippen LogP contribution >= 0.6 is 0 Å². The summed E-state index contributed by atoms with van der Waals surface area (Å²) in [5.41, 5.74) is 2.29. The fourth-order valence-corrected chi connectivity index (χ4v) is 5.70. The molecule has 3 aliphatic heterocycles. The number of para-hydroxylation sites is 1. The second-order valence-electron chi connectivity index (χ2n) is 11.4. The lowest BCUT2D eigenvalue weighted by atomic mass is 9.96. The molecule has 2 fully saturated rings. The molecule has 10 heteroatoms. The van der Waals surface area contributed by atoms with Gasteiger partial charge >= 0.3 is 6.09 Å². The molecule has 1 amide bonds. The molecule has 3 aliphatic rings. The Morgan fingerprint density at radius 3 is 2.61 bits per heavy atom. The van der Waals surface area contributed by atoms with Gasteiger partial charge in [0.15, 0.2) is 12.6 Å². The fraction of sp³-hybridized carbons (Fsp3) is 0.607. The van der Waals surface area contributed by atoms with Crippen molar-refractivity contribution in [1.82, 2.24) is 20.0 Å². The zero-order valence-electron chi connectivity index (χ0n) is 23.1. The van der Waals surface area contributed by atoms with E-state index in [-0.39, 0.29) is 18.9 Å². The summed E-state index contributed by atoms with van der Waals surface area (Å²) in [6, 6.07) is 11.0. The van der Waals surface area contributed by atoms with Gasteiger partial charge in [0.05, 0.1) is 17.4 Å². The largest absolute Gasteiger partial charge is 0.467 e. The van der Waals surface area contributed by atoms with Crippen LogP contribution in [0.25, 0.3) is 11.3 Å². The third kappa shape index (κ3) is 5.66. The molecule has 1 aromatic carbocycles. The van der Waals surface area contributed by atoms with E-state index in [4.69, 9.17) is 14.2 Å². The van der Waals surface area contributed by atoms with Crippen molar-refractivity contribution in [2.75, 3.05) is 56.8 Å². The number of amides is 1. The molecule has 1 aromatic heterocycles. The first-order valence-corrected chi connectivity index (χ1v) is 13.6. The number of ether oxygens (including phenoxy) is 3. The molecule has 0 saturated carbocycles. The van der Waals surface area contributed by atoms with E-state index >= 15 is 0 Å². The Labute approximate surface area is 225 Å². The van der Waals surface area contributed by atoms with Gasteiger partial charge in [0.2, 0.25) is 0 Å². The summed E-state index contributed by atoms with van der Waals surface area (Å²) in [7, 11) is 1.61. The molecule has 2 atom stereocenters. The van der Waals surface area contributed by atoms with Crippen molar-refractivity contribution in [2.45, 2.75) is 64.3 Å². The summed E-state index contributed by atoms with van der Waals surface area (Å²) in [6.45, 7) is 12.5. The molecule has 0 aliphatic carbocycles. The van der Waals surface area contributed by atoms with Gasteiger partial charge in [-0.15, -0.1) is 10.2 Å². The van der Waals surface area contributed by atoms with Crippen LogP contribution < -0.4 is 15.0 Å². The van der Waals surface area contributed by atoms with Crippen LogP contribution in [-0.4, -0.2) is 96.4 Å². The normalized spacial score (nSPS) is 22.3. The fourth-order valence-electron chi connectivity index (χ4n) is 5.70. The molecule has 0 radical (unpaired) electrons.